The Labute approximate surface area is 176 Å². The van der Waals surface area contributed by atoms with E-state index in [2.05, 4.69) is 34.2 Å². The fourth-order valence-electron chi connectivity index (χ4n) is 5.13. The van der Waals surface area contributed by atoms with Crippen molar-refractivity contribution in [2.24, 2.45) is 5.73 Å². The highest BCUT2D eigenvalue weighted by Gasteiger charge is 2.41. The summed E-state index contributed by atoms with van der Waals surface area (Å²) in [6, 6.07) is 12.3. The van der Waals surface area contributed by atoms with Crippen LogP contribution in [0.2, 0.25) is 0 Å². The minimum absolute atomic E-state index is 0.00802. The number of fused-ring (bicyclic) bond motifs is 2. The van der Waals surface area contributed by atoms with Crippen molar-refractivity contribution >= 4 is 5.65 Å². The maximum Gasteiger partial charge on any atom is 0.161 e. The Hall–Kier alpha value is -2.48. The largest absolute Gasteiger partial charge is 0.484 e. The molecule has 7 heteroatoms. The van der Waals surface area contributed by atoms with Crippen LogP contribution >= 0.6 is 0 Å². The van der Waals surface area contributed by atoms with E-state index in [1.807, 2.05) is 34.9 Å². The zero-order chi connectivity index (χ0) is 20.7. The van der Waals surface area contributed by atoms with Gasteiger partial charge in [0.15, 0.2) is 11.5 Å². The SMILES string of the molecule is C[C@@]1(c2nnc3ccc(OC4CCC(N)c5ccccc54)cn23)CCCN1CCO. The van der Waals surface area contributed by atoms with Gasteiger partial charge < -0.3 is 15.6 Å². The molecular formula is C23H29N5O2. The van der Waals surface area contributed by atoms with Gasteiger partial charge in [0.2, 0.25) is 0 Å². The molecule has 0 bridgehead atoms. The van der Waals surface area contributed by atoms with Crippen LogP contribution in [0, 0.1) is 0 Å². The summed E-state index contributed by atoms with van der Waals surface area (Å²) < 4.78 is 8.49. The van der Waals surface area contributed by atoms with Crippen LogP contribution in [0.3, 0.4) is 0 Å². The Morgan fingerprint density at radius 2 is 2.00 bits per heavy atom. The van der Waals surface area contributed by atoms with Gasteiger partial charge in [-0.05, 0) is 62.4 Å². The lowest BCUT2D eigenvalue weighted by molar-refractivity contribution is 0.113. The molecule has 1 saturated heterocycles. The van der Waals surface area contributed by atoms with Crippen molar-refractivity contribution in [2.45, 2.75) is 50.3 Å². The van der Waals surface area contributed by atoms with Crippen LogP contribution in [0.5, 0.6) is 5.75 Å². The third kappa shape index (κ3) is 3.17. The second-order valence-corrected chi connectivity index (χ2v) is 8.62. The van der Waals surface area contributed by atoms with Gasteiger partial charge in [-0.3, -0.25) is 9.30 Å². The van der Waals surface area contributed by atoms with Crippen molar-refractivity contribution < 1.29 is 9.84 Å². The highest BCUT2D eigenvalue weighted by molar-refractivity contribution is 5.43. The number of β-amino-alcohol motifs (C(OH)–C–C–N with tert-alkyl or cyclic N) is 1. The van der Waals surface area contributed by atoms with Crippen molar-refractivity contribution in [2.75, 3.05) is 19.7 Å². The lowest BCUT2D eigenvalue weighted by Gasteiger charge is -2.33. The monoisotopic (exact) mass is 407 g/mol. The van der Waals surface area contributed by atoms with E-state index >= 15 is 0 Å². The van der Waals surface area contributed by atoms with E-state index in [-0.39, 0.29) is 24.3 Å². The van der Waals surface area contributed by atoms with Gasteiger partial charge >= 0.3 is 0 Å². The lowest BCUT2D eigenvalue weighted by atomic mass is 9.86. The summed E-state index contributed by atoms with van der Waals surface area (Å²) in [5, 5.41) is 18.4. The molecular weight excluding hydrogens is 378 g/mol. The van der Waals surface area contributed by atoms with Crippen molar-refractivity contribution in [3.05, 3.63) is 59.5 Å². The average Bonchev–Trinajstić information content (AvgIpc) is 3.35. The Bertz CT molecular complexity index is 1050. The van der Waals surface area contributed by atoms with Gasteiger partial charge in [0.25, 0.3) is 0 Å². The first-order chi connectivity index (χ1) is 14.6. The summed E-state index contributed by atoms with van der Waals surface area (Å²) in [5.41, 5.74) is 9.22. The molecule has 5 rings (SSSR count). The van der Waals surface area contributed by atoms with Gasteiger partial charge in [-0.15, -0.1) is 10.2 Å². The highest BCUT2D eigenvalue weighted by Crippen LogP contribution is 2.39. The van der Waals surface area contributed by atoms with Gasteiger partial charge in [0.05, 0.1) is 18.3 Å². The molecule has 1 fully saturated rings. The van der Waals surface area contributed by atoms with Gasteiger partial charge in [0, 0.05) is 12.6 Å². The van der Waals surface area contributed by atoms with Crippen LogP contribution in [0.25, 0.3) is 5.65 Å². The van der Waals surface area contributed by atoms with Crippen LogP contribution in [-0.2, 0) is 5.54 Å². The number of nitrogens with zero attached hydrogens (tertiary/aromatic N) is 4. The molecule has 3 aromatic rings. The van der Waals surface area contributed by atoms with Crippen LogP contribution in [0.15, 0.2) is 42.6 Å². The minimum atomic E-state index is -0.245. The Balaban J connectivity index is 1.48. The molecule has 158 valence electrons. The summed E-state index contributed by atoms with van der Waals surface area (Å²) in [4.78, 5) is 2.30. The Morgan fingerprint density at radius 1 is 1.17 bits per heavy atom. The van der Waals surface area contributed by atoms with E-state index in [0.717, 1.165) is 49.4 Å². The molecule has 30 heavy (non-hydrogen) atoms. The van der Waals surface area contributed by atoms with Crippen molar-refractivity contribution in [3.8, 4) is 5.75 Å². The molecule has 1 aromatic carbocycles. The van der Waals surface area contributed by atoms with Gasteiger partial charge in [-0.25, -0.2) is 0 Å². The standard InChI is InChI=1S/C23H29N5O2/c1-23(11-4-12-27(23)13-14-29)22-26-25-21-10-7-16(15-28(21)22)30-20-9-8-19(24)17-5-2-3-6-18(17)20/h2-3,5-7,10,15,19-20,29H,4,8-9,11-14,24H2,1H3/t19?,20?,23-/m0/s1. The van der Waals surface area contributed by atoms with Gasteiger partial charge in [-0.2, -0.15) is 0 Å². The third-order valence-corrected chi connectivity index (χ3v) is 6.78. The summed E-state index contributed by atoms with van der Waals surface area (Å²) in [6.45, 7) is 3.93. The first-order valence-electron chi connectivity index (χ1n) is 10.8. The topological polar surface area (TPSA) is 88.9 Å². The summed E-state index contributed by atoms with van der Waals surface area (Å²) in [6.07, 6.45) is 5.88. The molecule has 2 aromatic heterocycles. The predicted octanol–water partition coefficient (Wildman–Crippen LogP) is 2.95. The summed E-state index contributed by atoms with van der Waals surface area (Å²) in [5.74, 6) is 1.70. The van der Waals surface area contributed by atoms with Crippen LogP contribution in [0.4, 0.5) is 0 Å². The molecule has 0 radical (unpaired) electrons. The smallest absolute Gasteiger partial charge is 0.161 e. The number of ether oxygens (including phenoxy) is 1. The number of benzene rings is 1. The highest BCUT2D eigenvalue weighted by atomic mass is 16.5. The first-order valence-corrected chi connectivity index (χ1v) is 10.8. The number of nitrogens with two attached hydrogens (primary N) is 1. The molecule has 0 spiro atoms. The van der Waals surface area contributed by atoms with E-state index in [1.54, 1.807) is 0 Å². The molecule has 0 amide bonds. The fourth-order valence-corrected chi connectivity index (χ4v) is 5.13. The molecule has 3 N–H and O–H groups in total. The zero-order valence-electron chi connectivity index (χ0n) is 17.4. The van der Waals surface area contributed by atoms with Crippen molar-refractivity contribution in [1.82, 2.24) is 19.5 Å². The second kappa shape index (κ2) is 7.65. The average molecular weight is 408 g/mol. The minimum Gasteiger partial charge on any atom is -0.484 e. The summed E-state index contributed by atoms with van der Waals surface area (Å²) in [7, 11) is 0. The number of aliphatic hydroxyl groups excluding tert-OH is 1. The molecule has 7 nitrogen and oxygen atoms in total. The normalized spacial score (nSPS) is 26.8. The predicted molar refractivity (Wildman–Crippen MR) is 114 cm³/mol. The number of hydrogen-bond donors (Lipinski definition) is 2. The maximum absolute atomic E-state index is 9.48. The second-order valence-electron chi connectivity index (χ2n) is 8.62. The zero-order valence-corrected chi connectivity index (χ0v) is 17.4. The maximum atomic E-state index is 9.48. The quantitative estimate of drug-likeness (QED) is 0.676. The van der Waals surface area contributed by atoms with Crippen molar-refractivity contribution in [3.63, 3.8) is 0 Å². The summed E-state index contributed by atoms with van der Waals surface area (Å²) >= 11 is 0. The van der Waals surface area contributed by atoms with E-state index in [9.17, 15) is 5.11 Å². The fraction of sp³-hybridized carbons (Fsp3) is 0.478. The first kappa shape index (κ1) is 19.5. The number of hydrogen-bond acceptors (Lipinski definition) is 6. The molecule has 2 unspecified atom stereocenters. The van der Waals surface area contributed by atoms with Crippen LogP contribution in [-0.4, -0.2) is 44.3 Å². The number of rotatable bonds is 5. The number of aliphatic hydroxyl groups is 1. The molecule has 0 saturated carbocycles. The molecule has 2 aliphatic rings. The molecule has 1 aliphatic carbocycles. The lowest BCUT2D eigenvalue weighted by Crippen LogP contribution is -2.41. The van der Waals surface area contributed by atoms with Gasteiger partial charge in [0.1, 0.15) is 11.9 Å². The van der Waals surface area contributed by atoms with E-state index in [0.29, 0.717) is 6.54 Å². The Kier molecular flexibility index (Phi) is 4.97. The van der Waals surface area contributed by atoms with Crippen molar-refractivity contribution in [1.29, 1.82) is 0 Å². The van der Waals surface area contributed by atoms with E-state index in [4.69, 9.17) is 10.5 Å². The molecule has 1 aliphatic heterocycles. The molecule has 3 heterocycles. The number of likely N-dealkylation sites (tertiary alicyclic amines) is 1. The Morgan fingerprint density at radius 3 is 2.83 bits per heavy atom. The van der Waals surface area contributed by atoms with Crippen LogP contribution < -0.4 is 10.5 Å². The van der Waals surface area contributed by atoms with E-state index < -0.39 is 0 Å². The molecule has 3 atom stereocenters. The number of pyridine rings is 1. The number of aromatic nitrogens is 3. The van der Waals surface area contributed by atoms with Crippen LogP contribution in [0.1, 0.15) is 61.7 Å². The third-order valence-electron chi connectivity index (χ3n) is 6.78. The van der Waals surface area contributed by atoms with E-state index in [1.165, 1.54) is 11.1 Å². The van der Waals surface area contributed by atoms with Gasteiger partial charge in [-0.1, -0.05) is 24.3 Å².